The number of unbranched alkanes of at least 4 members (excludes halogenated alkanes) is 27. The highest BCUT2D eigenvalue weighted by atomic mass is 16.6. The number of hydrogen-bond acceptors (Lipinski definition) is 6. The minimum atomic E-state index is -0.801. The summed E-state index contributed by atoms with van der Waals surface area (Å²) in [5.41, 5.74) is 0. The SMILES string of the molecule is CC/C=C\C/C=C\C/C=C\C/C=C\CCCCC(=O)OC(COC(=O)CCCCCCC/C=C\CCCC)COC(=O)CCCCCCCCCCCCCCC/C=C\C/C=C\CCCCCCC. The smallest absolute Gasteiger partial charge is 0.306 e. The lowest BCUT2D eigenvalue weighted by Gasteiger charge is -2.18. The second kappa shape index (κ2) is 57.2. The van der Waals surface area contributed by atoms with Gasteiger partial charge in [0.15, 0.2) is 6.10 Å². The van der Waals surface area contributed by atoms with Crippen LogP contribution in [0.1, 0.15) is 278 Å². The molecule has 0 aliphatic carbocycles. The molecule has 6 nitrogen and oxygen atoms in total. The molecule has 69 heavy (non-hydrogen) atoms. The average molecular weight is 962 g/mol. The Morgan fingerprint density at radius 3 is 0.971 bits per heavy atom. The maximum atomic E-state index is 12.8. The van der Waals surface area contributed by atoms with Crippen molar-refractivity contribution in [1.82, 2.24) is 0 Å². The fourth-order valence-electron chi connectivity index (χ4n) is 7.97. The van der Waals surface area contributed by atoms with Crippen molar-refractivity contribution >= 4 is 17.9 Å². The summed E-state index contributed by atoms with van der Waals surface area (Å²) in [6.45, 7) is 6.44. The molecular weight excluding hydrogens is 853 g/mol. The number of carbonyl (C=O) groups excluding carboxylic acids is 3. The Morgan fingerprint density at radius 1 is 0.304 bits per heavy atom. The maximum absolute atomic E-state index is 12.8. The molecule has 1 atom stereocenters. The molecule has 0 amide bonds. The average Bonchev–Trinajstić information content (AvgIpc) is 3.35. The van der Waals surface area contributed by atoms with Crippen LogP contribution in [-0.2, 0) is 28.6 Å². The zero-order valence-corrected chi connectivity index (χ0v) is 45.3. The summed E-state index contributed by atoms with van der Waals surface area (Å²) >= 11 is 0. The summed E-state index contributed by atoms with van der Waals surface area (Å²) < 4.78 is 16.8. The lowest BCUT2D eigenvalue weighted by Crippen LogP contribution is -2.30. The van der Waals surface area contributed by atoms with Gasteiger partial charge in [-0.25, -0.2) is 0 Å². The van der Waals surface area contributed by atoms with Crippen molar-refractivity contribution < 1.29 is 28.6 Å². The van der Waals surface area contributed by atoms with Crippen molar-refractivity contribution in [1.29, 1.82) is 0 Å². The molecule has 0 bridgehead atoms. The lowest BCUT2D eigenvalue weighted by molar-refractivity contribution is -0.167. The first kappa shape index (κ1) is 65.6. The zero-order chi connectivity index (χ0) is 50.0. The molecule has 0 fully saturated rings. The molecular formula is C63H108O6. The van der Waals surface area contributed by atoms with Gasteiger partial charge in [0.2, 0.25) is 0 Å². The van der Waals surface area contributed by atoms with Gasteiger partial charge in [-0.05, 0) is 109 Å². The van der Waals surface area contributed by atoms with Crippen LogP contribution in [0.3, 0.4) is 0 Å². The monoisotopic (exact) mass is 961 g/mol. The number of hydrogen-bond donors (Lipinski definition) is 0. The van der Waals surface area contributed by atoms with E-state index in [1.165, 1.54) is 135 Å². The van der Waals surface area contributed by atoms with E-state index in [0.717, 1.165) is 96.3 Å². The summed E-state index contributed by atoms with van der Waals surface area (Å²) in [7, 11) is 0. The lowest BCUT2D eigenvalue weighted by atomic mass is 10.0. The van der Waals surface area contributed by atoms with Crippen molar-refractivity contribution in [3.8, 4) is 0 Å². The third-order valence-electron chi connectivity index (χ3n) is 12.4. The van der Waals surface area contributed by atoms with Gasteiger partial charge in [0.25, 0.3) is 0 Å². The Bertz CT molecular complexity index is 1330. The predicted molar refractivity (Wildman–Crippen MR) is 297 cm³/mol. The Hall–Kier alpha value is -3.41. The number of ether oxygens (including phenoxy) is 3. The van der Waals surface area contributed by atoms with Gasteiger partial charge in [0.1, 0.15) is 13.2 Å². The first-order valence-electron chi connectivity index (χ1n) is 29.1. The molecule has 0 saturated heterocycles. The van der Waals surface area contributed by atoms with E-state index in [2.05, 4.69) is 106 Å². The summed E-state index contributed by atoms with van der Waals surface area (Å²) in [5.74, 6) is -0.945. The van der Waals surface area contributed by atoms with Crippen LogP contribution in [0, 0.1) is 0 Å². The molecule has 0 spiro atoms. The van der Waals surface area contributed by atoms with Gasteiger partial charge in [-0.1, -0.05) is 234 Å². The van der Waals surface area contributed by atoms with Crippen LogP contribution in [0.25, 0.3) is 0 Å². The van der Waals surface area contributed by atoms with E-state index in [1.54, 1.807) is 0 Å². The van der Waals surface area contributed by atoms with Crippen molar-refractivity contribution in [3.63, 3.8) is 0 Å². The van der Waals surface area contributed by atoms with Gasteiger partial charge in [0.05, 0.1) is 0 Å². The Balaban J connectivity index is 4.29. The fraction of sp³-hybridized carbons (Fsp3) is 0.730. The van der Waals surface area contributed by atoms with Crippen molar-refractivity contribution in [2.75, 3.05) is 13.2 Å². The quantitative estimate of drug-likeness (QED) is 0.0262. The molecule has 0 aromatic heterocycles. The predicted octanol–water partition coefficient (Wildman–Crippen LogP) is 19.5. The molecule has 6 heteroatoms. The van der Waals surface area contributed by atoms with Gasteiger partial charge < -0.3 is 14.2 Å². The van der Waals surface area contributed by atoms with Crippen molar-refractivity contribution in [3.05, 3.63) is 85.1 Å². The van der Waals surface area contributed by atoms with Crippen LogP contribution in [-0.4, -0.2) is 37.2 Å². The Labute approximate surface area is 426 Å². The Kier molecular flexibility index (Phi) is 54.3. The summed E-state index contributed by atoms with van der Waals surface area (Å²) in [5, 5.41) is 0. The molecule has 0 heterocycles. The van der Waals surface area contributed by atoms with E-state index < -0.39 is 6.10 Å². The summed E-state index contributed by atoms with van der Waals surface area (Å²) in [6, 6.07) is 0. The third-order valence-corrected chi connectivity index (χ3v) is 12.4. The summed E-state index contributed by atoms with van der Waals surface area (Å²) in [6.07, 6.45) is 74.5. The van der Waals surface area contributed by atoms with Crippen molar-refractivity contribution in [2.45, 2.75) is 284 Å². The topological polar surface area (TPSA) is 78.9 Å². The maximum Gasteiger partial charge on any atom is 0.306 e. The van der Waals surface area contributed by atoms with Gasteiger partial charge in [-0.2, -0.15) is 0 Å². The van der Waals surface area contributed by atoms with Crippen LogP contribution in [0.15, 0.2) is 85.1 Å². The number of esters is 3. The highest BCUT2D eigenvalue weighted by Gasteiger charge is 2.19. The van der Waals surface area contributed by atoms with E-state index in [4.69, 9.17) is 14.2 Å². The zero-order valence-electron chi connectivity index (χ0n) is 45.3. The van der Waals surface area contributed by atoms with Gasteiger partial charge in [0, 0.05) is 19.3 Å². The van der Waals surface area contributed by atoms with Crippen LogP contribution in [0.4, 0.5) is 0 Å². The second-order valence-electron chi connectivity index (χ2n) is 19.2. The van der Waals surface area contributed by atoms with E-state index >= 15 is 0 Å². The molecule has 0 rings (SSSR count). The minimum Gasteiger partial charge on any atom is -0.462 e. The fourth-order valence-corrected chi connectivity index (χ4v) is 7.97. The third kappa shape index (κ3) is 55.4. The van der Waals surface area contributed by atoms with Gasteiger partial charge in [-0.3, -0.25) is 14.4 Å². The molecule has 0 saturated carbocycles. The molecule has 0 aromatic rings. The first-order valence-corrected chi connectivity index (χ1v) is 29.1. The van der Waals surface area contributed by atoms with Crippen LogP contribution in [0.2, 0.25) is 0 Å². The van der Waals surface area contributed by atoms with E-state index in [-0.39, 0.29) is 37.5 Å². The molecule has 0 radical (unpaired) electrons. The van der Waals surface area contributed by atoms with Crippen LogP contribution < -0.4 is 0 Å². The molecule has 0 N–H and O–H groups in total. The standard InChI is InChI=1S/C63H108O6/c1-4-7-10-13-16-19-22-24-26-27-28-29-30-31-32-33-34-35-37-38-41-44-47-50-53-56-62(65)68-59-60(58-67-61(64)55-52-49-46-43-40-21-18-15-12-9-6-3)69-63(66)57-54-51-48-45-42-39-36-25-23-20-17-14-11-8-5-2/h8,11,15,17-18,20,22,24-25,27-28,36,42,45,60H,4-7,9-10,12-14,16,19,21,23,26,29-35,37-41,43-44,46-59H2,1-3H3/b11-8-,18-15-,20-17-,24-22-,28-27-,36-25-,45-42-. The van der Waals surface area contributed by atoms with Gasteiger partial charge >= 0.3 is 17.9 Å². The summed E-state index contributed by atoms with van der Waals surface area (Å²) in [4.78, 5) is 38.1. The molecule has 0 aliphatic rings. The molecule has 1 unspecified atom stereocenters. The second-order valence-corrected chi connectivity index (χ2v) is 19.2. The number of rotatable bonds is 52. The minimum absolute atomic E-state index is 0.0957. The molecule has 0 aromatic carbocycles. The number of carbonyl (C=O) groups is 3. The van der Waals surface area contributed by atoms with Gasteiger partial charge in [-0.15, -0.1) is 0 Å². The first-order chi connectivity index (χ1) is 34.0. The highest BCUT2D eigenvalue weighted by molar-refractivity contribution is 5.71. The van der Waals surface area contributed by atoms with Crippen LogP contribution in [0.5, 0.6) is 0 Å². The van der Waals surface area contributed by atoms with E-state index in [9.17, 15) is 14.4 Å². The van der Waals surface area contributed by atoms with Crippen LogP contribution >= 0.6 is 0 Å². The molecule has 396 valence electrons. The van der Waals surface area contributed by atoms with E-state index in [1.807, 2.05) is 0 Å². The Morgan fingerprint density at radius 2 is 0.580 bits per heavy atom. The number of allylic oxidation sites excluding steroid dienone is 14. The largest absolute Gasteiger partial charge is 0.462 e. The normalized spacial score (nSPS) is 12.7. The van der Waals surface area contributed by atoms with E-state index in [0.29, 0.717) is 19.3 Å². The van der Waals surface area contributed by atoms with Crippen molar-refractivity contribution in [2.24, 2.45) is 0 Å². The highest BCUT2D eigenvalue weighted by Crippen LogP contribution is 2.15. The molecule has 0 aliphatic heterocycles.